The summed E-state index contributed by atoms with van der Waals surface area (Å²) in [6.07, 6.45) is 6.09. The highest BCUT2D eigenvalue weighted by Crippen LogP contribution is 2.39. The van der Waals surface area contributed by atoms with Crippen molar-refractivity contribution in [3.05, 3.63) is 0 Å². The minimum absolute atomic E-state index is 0.252. The summed E-state index contributed by atoms with van der Waals surface area (Å²) in [6, 6.07) is -0.346. The molecule has 19 heavy (non-hydrogen) atoms. The van der Waals surface area contributed by atoms with E-state index in [1.165, 1.54) is 0 Å². The number of nitrogens with one attached hydrogen (secondary N) is 2. The number of hydrogen-bond acceptors (Lipinski definition) is 2. The number of carboxylic acids is 1. The lowest BCUT2D eigenvalue weighted by atomic mass is 9.82. The van der Waals surface area contributed by atoms with E-state index in [1.807, 2.05) is 13.8 Å². The molecule has 3 N–H and O–H groups in total. The molecule has 5 heteroatoms. The lowest BCUT2D eigenvalue weighted by molar-refractivity contribution is -0.145. The smallest absolute Gasteiger partial charge is 0.329 e. The first-order chi connectivity index (χ1) is 8.86. The number of aliphatic carboxylic acids is 1. The van der Waals surface area contributed by atoms with Gasteiger partial charge in [0.15, 0.2) is 0 Å². The van der Waals surface area contributed by atoms with Gasteiger partial charge >= 0.3 is 12.0 Å². The van der Waals surface area contributed by atoms with E-state index < -0.39 is 11.5 Å². The Labute approximate surface area is 114 Å². The molecule has 0 unspecified atom stereocenters. The molecule has 0 aromatic carbocycles. The van der Waals surface area contributed by atoms with Gasteiger partial charge in [0.1, 0.15) is 5.54 Å². The summed E-state index contributed by atoms with van der Waals surface area (Å²) >= 11 is 0. The Balaban J connectivity index is 1.97. The highest BCUT2D eigenvalue weighted by atomic mass is 16.4. The fourth-order valence-electron chi connectivity index (χ4n) is 3.00. The molecule has 2 aliphatic carbocycles. The molecule has 2 fully saturated rings. The maximum absolute atomic E-state index is 12.1. The predicted molar refractivity (Wildman–Crippen MR) is 71.9 cm³/mol. The van der Waals surface area contributed by atoms with E-state index in [0.717, 1.165) is 32.1 Å². The molecule has 0 saturated heterocycles. The quantitative estimate of drug-likeness (QED) is 0.731. The largest absolute Gasteiger partial charge is 0.480 e. The van der Waals surface area contributed by atoms with Crippen LogP contribution in [0.5, 0.6) is 0 Å². The van der Waals surface area contributed by atoms with Crippen LogP contribution >= 0.6 is 0 Å². The first-order valence-corrected chi connectivity index (χ1v) is 7.19. The van der Waals surface area contributed by atoms with Gasteiger partial charge in [0, 0.05) is 5.54 Å². The molecule has 108 valence electrons. The van der Waals surface area contributed by atoms with Gasteiger partial charge in [0.2, 0.25) is 0 Å². The highest BCUT2D eigenvalue weighted by Gasteiger charge is 2.43. The Bertz CT molecular complexity index is 369. The molecule has 2 aliphatic rings. The molecule has 5 nitrogen and oxygen atoms in total. The monoisotopic (exact) mass is 268 g/mol. The normalized spacial score (nSPS) is 22.6. The first-order valence-electron chi connectivity index (χ1n) is 7.19. The summed E-state index contributed by atoms with van der Waals surface area (Å²) < 4.78 is 0. The maximum atomic E-state index is 12.1. The zero-order valence-corrected chi connectivity index (χ0v) is 11.8. The average molecular weight is 268 g/mol. The van der Waals surface area contributed by atoms with Crippen LogP contribution < -0.4 is 10.6 Å². The van der Waals surface area contributed by atoms with Crippen molar-refractivity contribution in [3.8, 4) is 0 Å². The molecular weight excluding hydrogens is 244 g/mol. The number of carboxylic acid groups (broad SMARTS) is 1. The third-order valence-corrected chi connectivity index (χ3v) is 4.50. The second-order valence-corrected chi connectivity index (χ2v) is 6.52. The van der Waals surface area contributed by atoms with Crippen LogP contribution in [0.1, 0.15) is 58.8 Å². The third kappa shape index (κ3) is 3.19. The van der Waals surface area contributed by atoms with Gasteiger partial charge in [-0.1, -0.05) is 19.3 Å². The maximum Gasteiger partial charge on any atom is 0.329 e. The third-order valence-electron chi connectivity index (χ3n) is 4.50. The highest BCUT2D eigenvalue weighted by molar-refractivity contribution is 5.86. The van der Waals surface area contributed by atoms with Crippen LogP contribution in [-0.2, 0) is 4.79 Å². The van der Waals surface area contributed by atoms with Gasteiger partial charge in [0.05, 0.1) is 0 Å². The van der Waals surface area contributed by atoms with Crippen molar-refractivity contribution in [2.45, 2.75) is 69.9 Å². The lowest BCUT2D eigenvalue weighted by Gasteiger charge is -2.35. The molecule has 0 aromatic rings. The summed E-state index contributed by atoms with van der Waals surface area (Å²) in [6.45, 7) is 4.00. The number of amides is 2. The number of hydrogen-bond donors (Lipinski definition) is 3. The Kier molecular flexibility index (Phi) is 3.74. The van der Waals surface area contributed by atoms with Gasteiger partial charge in [-0.05, 0) is 45.4 Å². The molecule has 0 radical (unpaired) electrons. The first kappa shape index (κ1) is 14.2. The fraction of sp³-hybridized carbons (Fsp3) is 0.857. The number of carbonyl (C=O) groups is 2. The van der Waals surface area contributed by atoms with Gasteiger partial charge in [-0.15, -0.1) is 0 Å². The summed E-state index contributed by atoms with van der Waals surface area (Å²) in [5.41, 5.74) is -1.32. The number of urea groups is 1. The van der Waals surface area contributed by atoms with Crippen LogP contribution in [0.4, 0.5) is 4.79 Å². The second kappa shape index (κ2) is 5.02. The van der Waals surface area contributed by atoms with Crippen LogP contribution in [0.25, 0.3) is 0 Å². The van der Waals surface area contributed by atoms with E-state index in [0.29, 0.717) is 18.8 Å². The van der Waals surface area contributed by atoms with Crippen molar-refractivity contribution in [1.29, 1.82) is 0 Å². The van der Waals surface area contributed by atoms with Crippen LogP contribution in [0, 0.1) is 5.92 Å². The van der Waals surface area contributed by atoms with Crippen LogP contribution in [0.2, 0.25) is 0 Å². The molecule has 0 aliphatic heterocycles. The molecule has 2 amide bonds. The summed E-state index contributed by atoms with van der Waals surface area (Å²) in [4.78, 5) is 23.6. The van der Waals surface area contributed by atoms with Gasteiger partial charge in [-0.3, -0.25) is 0 Å². The Hall–Kier alpha value is -1.26. The van der Waals surface area contributed by atoms with Gasteiger partial charge in [-0.2, -0.15) is 0 Å². The Morgan fingerprint density at radius 1 is 1.16 bits per heavy atom. The zero-order valence-electron chi connectivity index (χ0n) is 11.8. The van der Waals surface area contributed by atoms with Crippen molar-refractivity contribution in [1.82, 2.24) is 10.6 Å². The van der Waals surface area contributed by atoms with Crippen molar-refractivity contribution in [3.63, 3.8) is 0 Å². The van der Waals surface area contributed by atoms with E-state index in [2.05, 4.69) is 10.6 Å². The van der Waals surface area contributed by atoms with Crippen molar-refractivity contribution in [2.75, 3.05) is 0 Å². The molecule has 2 saturated carbocycles. The molecule has 2 rings (SSSR count). The number of rotatable bonds is 4. The van der Waals surface area contributed by atoms with E-state index in [9.17, 15) is 14.7 Å². The average Bonchev–Trinajstić information content (AvgIpc) is 3.12. The van der Waals surface area contributed by atoms with E-state index in [-0.39, 0.29) is 11.6 Å². The summed E-state index contributed by atoms with van der Waals surface area (Å²) in [5, 5.41) is 15.1. The van der Waals surface area contributed by atoms with Gasteiger partial charge in [-0.25, -0.2) is 9.59 Å². The molecule has 0 aromatic heterocycles. The minimum Gasteiger partial charge on any atom is -0.480 e. The molecule has 0 heterocycles. The van der Waals surface area contributed by atoms with Crippen LogP contribution in [0.3, 0.4) is 0 Å². The van der Waals surface area contributed by atoms with Gasteiger partial charge in [0.25, 0.3) is 0 Å². The topological polar surface area (TPSA) is 78.4 Å². The van der Waals surface area contributed by atoms with Crippen LogP contribution in [0.15, 0.2) is 0 Å². The van der Waals surface area contributed by atoms with Gasteiger partial charge < -0.3 is 15.7 Å². The van der Waals surface area contributed by atoms with Crippen molar-refractivity contribution in [2.24, 2.45) is 5.92 Å². The molecular formula is C14H24N2O3. The Morgan fingerprint density at radius 2 is 1.74 bits per heavy atom. The predicted octanol–water partition coefficient (Wildman–Crippen LogP) is 2.26. The van der Waals surface area contributed by atoms with Crippen molar-refractivity contribution >= 4 is 12.0 Å². The molecule has 0 spiro atoms. The number of carbonyl (C=O) groups excluding carboxylic acids is 1. The van der Waals surface area contributed by atoms with E-state index in [1.54, 1.807) is 0 Å². The molecule has 0 atom stereocenters. The summed E-state index contributed by atoms with van der Waals surface area (Å²) in [7, 11) is 0. The van der Waals surface area contributed by atoms with E-state index >= 15 is 0 Å². The summed E-state index contributed by atoms with van der Waals surface area (Å²) in [5.74, 6) is -0.392. The SMILES string of the molecule is CC(C)(NC(=O)NC1(C(=O)O)CCCCC1)C1CC1. The van der Waals surface area contributed by atoms with Crippen molar-refractivity contribution < 1.29 is 14.7 Å². The van der Waals surface area contributed by atoms with E-state index in [4.69, 9.17) is 0 Å². The molecule has 0 bridgehead atoms. The van der Waals surface area contributed by atoms with Crippen LogP contribution in [-0.4, -0.2) is 28.2 Å². The lowest BCUT2D eigenvalue weighted by Crippen LogP contribution is -2.61. The minimum atomic E-state index is -1.07. The standard InChI is InChI=1S/C14H24N2O3/c1-13(2,10-6-7-10)15-12(19)16-14(11(17)18)8-4-3-5-9-14/h10H,3-9H2,1-2H3,(H,17,18)(H2,15,16,19). The second-order valence-electron chi connectivity index (χ2n) is 6.52. The Morgan fingerprint density at radius 3 is 2.21 bits per heavy atom. The fourth-order valence-corrected chi connectivity index (χ4v) is 3.00. The zero-order chi connectivity index (χ0) is 14.1.